The molecule has 0 radical (unpaired) electrons. The van der Waals surface area contributed by atoms with Crippen molar-refractivity contribution >= 4 is 15.9 Å². The summed E-state index contributed by atoms with van der Waals surface area (Å²) in [6.45, 7) is 2.74. The molecule has 3 nitrogen and oxygen atoms in total. The third kappa shape index (κ3) is 3.42. The van der Waals surface area contributed by atoms with Crippen LogP contribution in [-0.4, -0.2) is 22.7 Å². The predicted molar refractivity (Wildman–Crippen MR) is 55.3 cm³/mol. The number of aliphatic hydroxyl groups is 1. The van der Waals surface area contributed by atoms with Gasteiger partial charge in [-0.2, -0.15) is 0 Å². The van der Waals surface area contributed by atoms with Crippen molar-refractivity contribution in [1.82, 2.24) is 10.3 Å². The van der Waals surface area contributed by atoms with Crippen LogP contribution in [0.5, 0.6) is 0 Å². The maximum absolute atomic E-state index is 8.79. The van der Waals surface area contributed by atoms with Crippen molar-refractivity contribution in [2.45, 2.75) is 19.5 Å². The lowest BCUT2D eigenvalue weighted by molar-refractivity contribution is 0.250. The standard InChI is InChI=1S/C9H13BrN2O/c1-7(6-13)12-5-9-8(10)3-2-4-11-9/h2-4,7,12-13H,5-6H2,1H3. The van der Waals surface area contributed by atoms with Crippen molar-refractivity contribution in [2.24, 2.45) is 0 Å². The second-order valence-electron chi connectivity index (χ2n) is 2.90. The van der Waals surface area contributed by atoms with E-state index in [1.165, 1.54) is 0 Å². The molecule has 1 rings (SSSR count). The van der Waals surface area contributed by atoms with E-state index < -0.39 is 0 Å². The van der Waals surface area contributed by atoms with E-state index in [0.29, 0.717) is 6.54 Å². The quantitative estimate of drug-likeness (QED) is 0.840. The Labute approximate surface area is 86.3 Å². The molecule has 1 heterocycles. The molecule has 0 aliphatic rings. The minimum Gasteiger partial charge on any atom is -0.395 e. The minimum absolute atomic E-state index is 0.105. The number of halogens is 1. The van der Waals surface area contributed by atoms with Gasteiger partial charge in [0.1, 0.15) is 0 Å². The highest BCUT2D eigenvalue weighted by atomic mass is 79.9. The molecule has 1 aromatic rings. The van der Waals surface area contributed by atoms with Crippen molar-refractivity contribution in [3.63, 3.8) is 0 Å². The zero-order chi connectivity index (χ0) is 9.68. The summed E-state index contributed by atoms with van der Waals surface area (Å²) in [6.07, 6.45) is 1.76. The lowest BCUT2D eigenvalue weighted by Gasteiger charge is -2.10. The molecule has 0 saturated carbocycles. The number of aromatic nitrogens is 1. The molecule has 0 spiro atoms. The van der Waals surface area contributed by atoms with Crippen LogP contribution in [0.15, 0.2) is 22.8 Å². The maximum Gasteiger partial charge on any atom is 0.0683 e. The SMILES string of the molecule is CC(CO)NCc1ncccc1Br. The van der Waals surface area contributed by atoms with Gasteiger partial charge in [0, 0.05) is 23.3 Å². The fourth-order valence-corrected chi connectivity index (χ4v) is 1.28. The monoisotopic (exact) mass is 244 g/mol. The molecular weight excluding hydrogens is 232 g/mol. The van der Waals surface area contributed by atoms with Gasteiger partial charge in [-0.25, -0.2) is 0 Å². The number of hydrogen-bond acceptors (Lipinski definition) is 3. The van der Waals surface area contributed by atoms with Crippen molar-refractivity contribution < 1.29 is 5.11 Å². The van der Waals surface area contributed by atoms with Gasteiger partial charge in [-0.3, -0.25) is 4.98 Å². The lowest BCUT2D eigenvalue weighted by Crippen LogP contribution is -2.29. The van der Waals surface area contributed by atoms with Gasteiger partial charge in [0.2, 0.25) is 0 Å². The average Bonchev–Trinajstić information content (AvgIpc) is 2.16. The summed E-state index contributed by atoms with van der Waals surface area (Å²) < 4.78 is 0.993. The molecule has 0 amide bonds. The minimum atomic E-state index is 0.105. The number of nitrogens with zero attached hydrogens (tertiary/aromatic N) is 1. The summed E-state index contributed by atoms with van der Waals surface area (Å²) in [7, 11) is 0. The van der Waals surface area contributed by atoms with E-state index in [-0.39, 0.29) is 12.6 Å². The number of hydrogen-bond donors (Lipinski definition) is 2. The van der Waals surface area contributed by atoms with Gasteiger partial charge in [-0.05, 0) is 35.0 Å². The Hall–Kier alpha value is -0.450. The van der Waals surface area contributed by atoms with Crippen LogP contribution in [0.3, 0.4) is 0 Å². The third-order valence-electron chi connectivity index (χ3n) is 1.73. The van der Waals surface area contributed by atoms with Crippen LogP contribution >= 0.6 is 15.9 Å². The first kappa shape index (κ1) is 10.6. The molecule has 4 heteroatoms. The van der Waals surface area contributed by atoms with Gasteiger partial charge in [0.15, 0.2) is 0 Å². The first-order chi connectivity index (χ1) is 6.24. The molecule has 0 aliphatic carbocycles. The van der Waals surface area contributed by atoms with E-state index in [9.17, 15) is 0 Å². The number of rotatable bonds is 4. The number of aliphatic hydroxyl groups excluding tert-OH is 1. The largest absolute Gasteiger partial charge is 0.395 e. The molecule has 1 unspecified atom stereocenters. The highest BCUT2D eigenvalue weighted by Gasteiger charge is 2.02. The van der Waals surface area contributed by atoms with E-state index >= 15 is 0 Å². The Bertz CT molecular complexity index is 268. The molecule has 2 N–H and O–H groups in total. The van der Waals surface area contributed by atoms with Crippen LogP contribution in [0.25, 0.3) is 0 Å². The summed E-state index contributed by atoms with van der Waals surface area (Å²) >= 11 is 3.40. The molecule has 13 heavy (non-hydrogen) atoms. The van der Waals surface area contributed by atoms with Crippen LogP contribution in [0.1, 0.15) is 12.6 Å². The molecule has 0 fully saturated rings. The first-order valence-electron chi connectivity index (χ1n) is 4.17. The normalized spacial score (nSPS) is 12.8. The third-order valence-corrected chi connectivity index (χ3v) is 2.45. The van der Waals surface area contributed by atoms with E-state index in [1.54, 1.807) is 6.20 Å². The van der Waals surface area contributed by atoms with Gasteiger partial charge >= 0.3 is 0 Å². The molecule has 1 atom stereocenters. The van der Waals surface area contributed by atoms with E-state index in [1.807, 2.05) is 19.1 Å². The Balaban J connectivity index is 2.50. The Morgan fingerprint density at radius 1 is 1.69 bits per heavy atom. The number of pyridine rings is 1. The summed E-state index contributed by atoms with van der Waals surface area (Å²) in [6, 6.07) is 3.94. The van der Waals surface area contributed by atoms with E-state index in [4.69, 9.17) is 5.11 Å². The molecule has 0 aliphatic heterocycles. The predicted octanol–water partition coefficient (Wildman–Crippen LogP) is 1.31. The zero-order valence-corrected chi connectivity index (χ0v) is 9.08. The Morgan fingerprint density at radius 3 is 3.08 bits per heavy atom. The topological polar surface area (TPSA) is 45.1 Å². The number of nitrogens with one attached hydrogen (secondary N) is 1. The summed E-state index contributed by atoms with van der Waals surface area (Å²) in [5, 5.41) is 11.9. The van der Waals surface area contributed by atoms with Crippen LogP contribution in [0, 0.1) is 0 Å². The molecular formula is C9H13BrN2O. The van der Waals surface area contributed by atoms with Gasteiger partial charge in [0.05, 0.1) is 12.3 Å². The van der Waals surface area contributed by atoms with Crippen molar-refractivity contribution in [3.05, 3.63) is 28.5 Å². The highest BCUT2D eigenvalue weighted by molar-refractivity contribution is 9.10. The van der Waals surface area contributed by atoms with Crippen LogP contribution in [-0.2, 0) is 6.54 Å². The highest BCUT2D eigenvalue weighted by Crippen LogP contribution is 2.12. The molecule has 1 aromatic heterocycles. The van der Waals surface area contributed by atoms with Gasteiger partial charge < -0.3 is 10.4 Å². The average molecular weight is 245 g/mol. The van der Waals surface area contributed by atoms with Gasteiger partial charge in [0.25, 0.3) is 0 Å². The van der Waals surface area contributed by atoms with Crippen molar-refractivity contribution in [3.8, 4) is 0 Å². The second kappa shape index (κ2) is 5.32. The Morgan fingerprint density at radius 2 is 2.46 bits per heavy atom. The van der Waals surface area contributed by atoms with E-state index in [0.717, 1.165) is 10.2 Å². The van der Waals surface area contributed by atoms with Crippen LogP contribution < -0.4 is 5.32 Å². The smallest absolute Gasteiger partial charge is 0.0683 e. The fourth-order valence-electron chi connectivity index (χ4n) is 0.884. The lowest BCUT2D eigenvalue weighted by atomic mass is 10.3. The van der Waals surface area contributed by atoms with Crippen LogP contribution in [0.4, 0.5) is 0 Å². The zero-order valence-electron chi connectivity index (χ0n) is 7.50. The summed E-state index contributed by atoms with van der Waals surface area (Å²) in [5.74, 6) is 0. The summed E-state index contributed by atoms with van der Waals surface area (Å²) in [4.78, 5) is 4.19. The van der Waals surface area contributed by atoms with Crippen molar-refractivity contribution in [2.75, 3.05) is 6.61 Å². The van der Waals surface area contributed by atoms with Gasteiger partial charge in [-0.1, -0.05) is 0 Å². The van der Waals surface area contributed by atoms with Crippen molar-refractivity contribution in [1.29, 1.82) is 0 Å². The second-order valence-corrected chi connectivity index (χ2v) is 3.75. The molecule has 0 aromatic carbocycles. The Kier molecular flexibility index (Phi) is 4.35. The van der Waals surface area contributed by atoms with Crippen LogP contribution in [0.2, 0.25) is 0 Å². The first-order valence-corrected chi connectivity index (χ1v) is 4.97. The molecule has 0 saturated heterocycles. The molecule has 72 valence electrons. The van der Waals surface area contributed by atoms with Gasteiger partial charge in [-0.15, -0.1) is 0 Å². The van der Waals surface area contributed by atoms with E-state index in [2.05, 4.69) is 26.2 Å². The molecule has 0 bridgehead atoms. The fraction of sp³-hybridized carbons (Fsp3) is 0.444. The summed E-state index contributed by atoms with van der Waals surface area (Å²) in [5.41, 5.74) is 0.961. The maximum atomic E-state index is 8.79.